The fraction of sp³-hybridized carbons (Fsp3) is 0.476. The molecule has 3 rings (SSSR count). The number of carbonyl (C=O) groups is 1. The Labute approximate surface area is 165 Å². The first-order valence-electron chi connectivity index (χ1n) is 9.70. The van der Waals surface area contributed by atoms with Gasteiger partial charge in [0.2, 0.25) is 5.91 Å². The molecule has 144 valence electrons. The number of aromatic nitrogens is 3. The van der Waals surface area contributed by atoms with Gasteiger partial charge >= 0.3 is 0 Å². The minimum absolute atomic E-state index is 0.0805. The van der Waals surface area contributed by atoms with Gasteiger partial charge in [-0.15, -0.1) is 16.8 Å². The number of allylic oxidation sites excluding steroid dienone is 1. The van der Waals surface area contributed by atoms with Crippen molar-refractivity contribution in [1.29, 1.82) is 0 Å². The van der Waals surface area contributed by atoms with Gasteiger partial charge in [0.1, 0.15) is 0 Å². The number of amides is 1. The lowest BCUT2D eigenvalue weighted by atomic mass is 10.1. The number of thioether (sulfide) groups is 1. The molecule has 1 aromatic heterocycles. The van der Waals surface area contributed by atoms with Gasteiger partial charge in [-0.2, -0.15) is 0 Å². The Balaban J connectivity index is 1.64. The summed E-state index contributed by atoms with van der Waals surface area (Å²) in [5, 5.41) is 12.6. The molecule has 27 heavy (non-hydrogen) atoms. The highest BCUT2D eigenvalue weighted by Gasteiger charge is 2.17. The lowest BCUT2D eigenvalue weighted by molar-refractivity contribution is -0.119. The molecule has 0 bridgehead atoms. The number of hydrogen-bond acceptors (Lipinski definition) is 4. The van der Waals surface area contributed by atoms with Gasteiger partial charge in [0.05, 0.1) is 5.75 Å². The zero-order chi connectivity index (χ0) is 19.1. The van der Waals surface area contributed by atoms with Crippen molar-refractivity contribution in [3.8, 4) is 11.4 Å². The first-order chi connectivity index (χ1) is 13.2. The molecule has 0 spiro atoms. The summed E-state index contributed by atoms with van der Waals surface area (Å²) < 4.78 is 2.02. The maximum atomic E-state index is 12.4. The van der Waals surface area contributed by atoms with Crippen LogP contribution in [-0.2, 0) is 11.3 Å². The summed E-state index contributed by atoms with van der Waals surface area (Å²) in [5.41, 5.74) is 2.23. The number of aryl methyl sites for hydroxylation is 1. The van der Waals surface area contributed by atoms with Crippen molar-refractivity contribution in [3.63, 3.8) is 0 Å². The third-order valence-corrected chi connectivity index (χ3v) is 5.86. The van der Waals surface area contributed by atoms with Gasteiger partial charge in [-0.25, -0.2) is 0 Å². The molecule has 6 heteroatoms. The molecule has 0 saturated heterocycles. The van der Waals surface area contributed by atoms with E-state index in [9.17, 15) is 4.79 Å². The van der Waals surface area contributed by atoms with E-state index >= 15 is 0 Å². The SMILES string of the molecule is C=CCn1c(SCC(=O)NC2CCCCCC2)nnc1-c1ccc(C)cc1. The standard InChI is InChI=1S/C21H28N4OS/c1-3-14-25-20(17-12-10-16(2)11-13-17)23-24-21(25)27-15-19(26)22-18-8-6-4-5-7-9-18/h3,10-13,18H,1,4-9,14-15H2,2H3,(H,22,26). The van der Waals surface area contributed by atoms with Crippen LogP contribution in [-0.4, -0.2) is 32.5 Å². The first kappa shape index (κ1) is 19.7. The zero-order valence-corrected chi connectivity index (χ0v) is 16.8. The van der Waals surface area contributed by atoms with Crippen molar-refractivity contribution >= 4 is 17.7 Å². The molecule has 1 N–H and O–H groups in total. The summed E-state index contributed by atoms with van der Waals surface area (Å²) in [6, 6.07) is 8.55. The Morgan fingerprint density at radius 2 is 1.93 bits per heavy atom. The first-order valence-corrected chi connectivity index (χ1v) is 10.7. The Kier molecular flexibility index (Phi) is 7.10. The fourth-order valence-electron chi connectivity index (χ4n) is 3.43. The summed E-state index contributed by atoms with van der Waals surface area (Å²) in [5.74, 6) is 1.25. The van der Waals surface area contributed by atoms with Crippen molar-refractivity contribution in [1.82, 2.24) is 20.1 Å². The van der Waals surface area contributed by atoms with E-state index in [1.165, 1.54) is 43.0 Å². The molecular formula is C21H28N4OS. The third kappa shape index (κ3) is 5.45. The van der Waals surface area contributed by atoms with Gasteiger partial charge in [-0.1, -0.05) is 73.4 Å². The Morgan fingerprint density at radius 3 is 2.59 bits per heavy atom. The molecule has 1 aliphatic rings. The van der Waals surface area contributed by atoms with Crippen LogP contribution in [0.15, 0.2) is 42.1 Å². The van der Waals surface area contributed by atoms with E-state index in [0.717, 1.165) is 29.4 Å². The summed E-state index contributed by atoms with van der Waals surface area (Å²) in [6.07, 6.45) is 9.02. The zero-order valence-electron chi connectivity index (χ0n) is 16.0. The van der Waals surface area contributed by atoms with Gasteiger partial charge in [0.15, 0.2) is 11.0 Å². The van der Waals surface area contributed by atoms with Gasteiger partial charge in [0, 0.05) is 18.2 Å². The maximum Gasteiger partial charge on any atom is 0.230 e. The largest absolute Gasteiger partial charge is 0.353 e. The Morgan fingerprint density at radius 1 is 1.22 bits per heavy atom. The Hall–Kier alpha value is -2.08. The number of nitrogens with one attached hydrogen (secondary N) is 1. The second-order valence-corrected chi connectivity index (χ2v) is 8.06. The molecule has 0 radical (unpaired) electrons. The van der Waals surface area contributed by atoms with Gasteiger partial charge in [0.25, 0.3) is 0 Å². The van der Waals surface area contributed by atoms with E-state index in [1.807, 2.05) is 22.8 Å². The van der Waals surface area contributed by atoms with Crippen LogP contribution in [0.4, 0.5) is 0 Å². The summed E-state index contributed by atoms with van der Waals surface area (Å²) in [6.45, 7) is 6.52. The van der Waals surface area contributed by atoms with Crippen LogP contribution in [0.5, 0.6) is 0 Å². The quantitative estimate of drug-likeness (QED) is 0.437. The second kappa shape index (κ2) is 9.74. The van der Waals surface area contributed by atoms with Crippen molar-refractivity contribution in [2.45, 2.75) is 63.2 Å². The fourth-order valence-corrected chi connectivity index (χ4v) is 4.19. The molecule has 2 aromatic rings. The maximum absolute atomic E-state index is 12.4. The summed E-state index contributed by atoms with van der Waals surface area (Å²) in [7, 11) is 0. The van der Waals surface area contributed by atoms with Crippen molar-refractivity contribution in [2.24, 2.45) is 0 Å². The van der Waals surface area contributed by atoms with Crippen LogP contribution in [0.2, 0.25) is 0 Å². The monoisotopic (exact) mass is 384 g/mol. The third-order valence-electron chi connectivity index (χ3n) is 4.89. The van der Waals surface area contributed by atoms with Gasteiger partial charge < -0.3 is 5.32 Å². The summed E-state index contributed by atoms with van der Waals surface area (Å²) >= 11 is 1.44. The number of rotatable bonds is 7. The minimum Gasteiger partial charge on any atom is -0.353 e. The van der Waals surface area contributed by atoms with Crippen LogP contribution in [0.1, 0.15) is 44.1 Å². The van der Waals surface area contributed by atoms with E-state index in [1.54, 1.807) is 0 Å². The average molecular weight is 385 g/mol. The molecular weight excluding hydrogens is 356 g/mol. The predicted molar refractivity (Wildman–Crippen MR) is 111 cm³/mol. The lowest BCUT2D eigenvalue weighted by Gasteiger charge is -2.16. The highest BCUT2D eigenvalue weighted by molar-refractivity contribution is 7.99. The van der Waals surface area contributed by atoms with Crippen molar-refractivity contribution in [2.75, 3.05) is 5.75 Å². The number of hydrogen-bond donors (Lipinski definition) is 1. The van der Waals surface area contributed by atoms with Gasteiger partial charge in [-0.05, 0) is 19.8 Å². The molecule has 1 aromatic carbocycles. The molecule has 5 nitrogen and oxygen atoms in total. The van der Waals surface area contributed by atoms with Crippen LogP contribution < -0.4 is 5.32 Å². The Bertz CT molecular complexity index is 761. The van der Waals surface area contributed by atoms with E-state index in [0.29, 0.717) is 18.3 Å². The smallest absolute Gasteiger partial charge is 0.230 e. The van der Waals surface area contributed by atoms with Crippen LogP contribution in [0.25, 0.3) is 11.4 Å². The average Bonchev–Trinajstić information content (AvgIpc) is 2.88. The van der Waals surface area contributed by atoms with E-state index in [2.05, 4.69) is 41.1 Å². The highest BCUT2D eigenvalue weighted by Crippen LogP contribution is 2.24. The van der Waals surface area contributed by atoms with E-state index in [4.69, 9.17) is 0 Å². The number of carbonyl (C=O) groups excluding carboxylic acids is 1. The molecule has 1 aliphatic carbocycles. The minimum atomic E-state index is 0.0805. The summed E-state index contributed by atoms with van der Waals surface area (Å²) in [4.78, 5) is 12.4. The second-order valence-electron chi connectivity index (χ2n) is 7.12. The van der Waals surface area contributed by atoms with Gasteiger partial charge in [-0.3, -0.25) is 9.36 Å². The highest BCUT2D eigenvalue weighted by atomic mass is 32.2. The molecule has 1 saturated carbocycles. The van der Waals surface area contributed by atoms with Crippen LogP contribution in [0, 0.1) is 6.92 Å². The van der Waals surface area contributed by atoms with Crippen LogP contribution >= 0.6 is 11.8 Å². The molecule has 0 atom stereocenters. The van der Waals surface area contributed by atoms with E-state index < -0.39 is 0 Å². The van der Waals surface area contributed by atoms with Crippen molar-refractivity contribution < 1.29 is 4.79 Å². The normalized spacial score (nSPS) is 15.3. The lowest BCUT2D eigenvalue weighted by Crippen LogP contribution is -2.35. The predicted octanol–water partition coefficient (Wildman–Crippen LogP) is 4.37. The number of nitrogens with zero attached hydrogens (tertiary/aromatic N) is 3. The molecule has 0 aliphatic heterocycles. The molecule has 1 fully saturated rings. The van der Waals surface area contributed by atoms with E-state index in [-0.39, 0.29) is 5.91 Å². The van der Waals surface area contributed by atoms with Crippen LogP contribution in [0.3, 0.4) is 0 Å². The topological polar surface area (TPSA) is 59.8 Å². The number of benzene rings is 1. The van der Waals surface area contributed by atoms with Crippen molar-refractivity contribution in [3.05, 3.63) is 42.5 Å². The molecule has 1 heterocycles. The molecule has 1 amide bonds. The molecule has 0 unspecified atom stereocenters.